The fourth-order valence-corrected chi connectivity index (χ4v) is 1.99. The van der Waals surface area contributed by atoms with Crippen LogP contribution in [0.2, 0.25) is 0 Å². The number of hydrogen-bond donors (Lipinski definition) is 3. The molecule has 1 rings (SSSR count). The molecule has 0 fully saturated rings. The summed E-state index contributed by atoms with van der Waals surface area (Å²) >= 11 is 3.32. The van der Waals surface area contributed by atoms with Crippen LogP contribution < -0.4 is 11.1 Å². The van der Waals surface area contributed by atoms with Gasteiger partial charge in [-0.3, -0.25) is 0 Å². The summed E-state index contributed by atoms with van der Waals surface area (Å²) in [5.74, 6) is -0.252. The fourth-order valence-electron chi connectivity index (χ4n) is 1.61. The zero-order valence-corrected chi connectivity index (χ0v) is 11.2. The van der Waals surface area contributed by atoms with Crippen molar-refractivity contribution in [3.8, 4) is 0 Å². The second kappa shape index (κ2) is 7.76. The third kappa shape index (κ3) is 4.71. The molecule has 4 N–H and O–H groups in total. The first-order valence-corrected chi connectivity index (χ1v) is 6.47. The minimum absolute atomic E-state index is 0.181. The van der Waals surface area contributed by atoms with Gasteiger partial charge in [-0.1, -0.05) is 15.9 Å². The van der Waals surface area contributed by atoms with E-state index in [0.717, 1.165) is 17.3 Å². The van der Waals surface area contributed by atoms with Crippen LogP contribution in [0, 0.1) is 5.82 Å². The predicted molar refractivity (Wildman–Crippen MR) is 70.2 cm³/mol. The summed E-state index contributed by atoms with van der Waals surface area (Å²) in [4.78, 5) is 0. The van der Waals surface area contributed by atoms with Gasteiger partial charge in [0.15, 0.2) is 0 Å². The topological polar surface area (TPSA) is 58.3 Å². The number of unbranched alkanes of at least 4 members (excludes halogenated alkanes) is 1. The van der Waals surface area contributed by atoms with Crippen LogP contribution in [0.25, 0.3) is 0 Å². The van der Waals surface area contributed by atoms with Crippen LogP contribution in [0.1, 0.15) is 24.4 Å². The Morgan fingerprint density at radius 3 is 2.82 bits per heavy atom. The molecule has 0 aliphatic rings. The van der Waals surface area contributed by atoms with Crippen LogP contribution in [0.5, 0.6) is 0 Å². The quantitative estimate of drug-likeness (QED) is 0.675. The highest BCUT2D eigenvalue weighted by Gasteiger charge is 2.13. The van der Waals surface area contributed by atoms with Gasteiger partial charge in [-0.05, 0) is 37.6 Å². The monoisotopic (exact) mass is 304 g/mol. The van der Waals surface area contributed by atoms with E-state index in [1.54, 1.807) is 12.1 Å². The molecule has 0 radical (unpaired) electrons. The van der Waals surface area contributed by atoms with E-state index in [9.17, 15) is 4.39 Å². The standard InChI is InChI=1S/C12H18BrFN2O/c13-9-3-4-11(14)10(7-9)12(8-15)16-5-1-2-6-17/h3-4,7,12,16-17H,1-2,5-6,8,15H2. The first-order valence-electron chi connectivity index (χ1n) is 5.68. The van der Waals surface area contributed by atoms with E-state index >= 15 is 0 Å². The molecule has 0 bridgehead atoms. The van der Waals surface area contributed by atoms with Crippen molar-refractivity contribution in [2.45, 2.75) is 18.9 Å². The lowest BCUT2D eigenvalue weighted by atomic mass is 10.1. The molecule has 1 aromatic rings. The van der Waals surface area contributed by atoms with Gasteiger partial charge in [-0.15, -0.1) is 0 Å². The predicted octanol–water partition coefficient (Wildman–Crippen LogP) is 1.95. The van der Waals surface area contributed by atoms with Gasteiger partial charge in [-0.2, -0.15) is 0 Å². The van der Waals surface area contributed by atoms with Crippen molar-refractivity contribution in [3.63, 3.8) is 0 Å². The average Bonchev–Trinajstić information content (AvgIpc) is 2.33. The lowest BCUT2D eigenvalue weighted by Crippen LogP contribution is -2.29. The van der Waals surface area contributed by atoms with Crippen molar-refractivity contribution in [3.05, 3.63) is 34.1 Å². The number of aliphatic hydroxyl groups excluding tert-OH is 1. The van der Waals surface area contributed by atoms with Gasteiger partial charge in [0.1, 0.15) is 5.82 Å². The molecule has 0 aliphatic heterocycles. The molecule has 0 saturated heterocycles. The summed E-state index contributed by atoms with van der Waals surface area (Å²) < 4.78 is 14.5. The first-order chi connectivity index (χ1) is 8.19. The van der Waals surface area contributed by atoms with Crippen LogP contribution in [0.15, 0.2) is 22.7 Å². The smallest absolute Gasteiger partial charge is 0.128 e. The average molecular weight is 305 g/mol. The van der Waals surface area contributed by atoms with Gasteiger partial charge in [0.25, 0.3) is 0 Å². The number of aliphatic hydroxyl groups is 1. The highest BCUT2D eigenvalue weighted by atomic mass is 79.9. The molecule has 0 aromatic heterocycles. The summed E-state index contributed by atoms with van der Waals surface area (Å²) in [5, 5.41) is 11.9. The number of benzene rings is 1. The first kappa shape index (κ1) is 14.6. The Balaban J connectivity index is 2.62. The third-order valence-electron chi connectivity index (χ3n) is 2.54. The molecule has 1 atom stereocenters. The van der Waals surface area contributed by atoms with E-state index in [0.29, 0.717) is 18.7 Å². The number of nitrogens with one attached hydrogen (secondary N) is 1. The molecule has 5 heteroatoms. The summed E-state index contributed by atoms with van der Waals surface area (Å²) in [5.41, 5.74) is 6.22. The van der Waals surface area contributed by atoms with Gasteiger partial charge in [0, 0.05) is 29.2 Å². The SMILES string of the molecule is NCC(NCCCCO)c1cc(Br)ccc1F. The normalized spacial score (nSPS) is 12.7. The Labute approximate surface area is 109 Å². The molecular weight excluding hydrogens is 287 g/mol. The Bertz CT molecular complexity index is 349. The van der Waals surface area contributed by atoms with Gasteiger partial charge in [0.2, 0.25) is 0 Å². The van der Waals surface area contributed by atoms with Crippen LogP contribution >= 0.6 is 15.9 Å². The number of nitrogens with two attached hydrogens (primary N) is 1. The Morgan fingerprint density at radius 1 is 1.41 bits per heavy atom. The minimum Gasteiger partial charge on any atom is -0.396 e. The number of hydrogen-bond acceptors (Lipinski definition) is 3. The van der Waals surface area contributed by atoms with Crippen molar-refractivity contribution < 1.29 is 9.50 Å². The van der Waals surface area contributed by atoms with Gasteiger partial charge >= 0.3 is 0 Å². The molecular formula is C12H18BrFN2O. The van der Waals surface area contributed by atoms with E-state index in [1.165, 1.54) is 6.07 Å². The lowest BCUT2D eigenvalue weighted by molar-refractivity contribution is 0.282. The molecule has 17 heavy (non-hydrogen) atoms. The summed E-state index contributed by atoms with van der Waals surface area (Å²) in [6.07, 6.45) is 1.59. The van der Waals surface area contributed by atoms with Crippen molar-refractivity contribution in [2.75, 3.05) is 19.7 Å². The number of halogens is 2. The zero-order chi connectivity index (χ0) is 12.7. The van der Waals surface area contributed by atoms with Gasteiger partial charge < -0.3 is 16.2 Å². The van der Waals surface area contributed by atoms with E-state index in [1.807, 2.05) is 0 Å². The van der Waals surface area contributed by atoms with Crippen LogP contribution in [0.3, 0.4) is 0 Å². The zero-order valence-electron chi connectivity index (χ0n) is 9.63. The molecule has 0 amide bonds. The second-order valence-electron chi connectivity index (χ2n) is 3.84. The highest BCUT2D eigenvalue weighted by molar-refractivity contribution is 9.10. The molecule has 0 heterocycles. The largest absolute Gasteiger partial charge is 0.396 e. The van der Waals surface area contributed by atoms with Crippen LogP contribution in [-0.4, -0.2) is 24.8 Å². The van der Waals surface area contributed by atoms with Crippen LogP contribution in [0.4, 0.5) is 4.39 Å². The molecule has 96 valence electrons. The van der Waals surface area contributed by atoms with Crippen molar-refractivity contribution in [2.24, 2.45) is 5.73 Å². The van der Waals surface area contributed by atoms with E-state index in [2.05, 4.69) is 21.2 Å². The highest BCUT2D eigenvalue weighted by Crippen LogP contribution is 2.21. The lowest BCUT2D eigenvalue weighted by Gasteiger charge is -2.18. The maximum absolute atomic E-state index is 13.6. The van der Waals surface area contributed by atoms with Crippen LogP contribution in [-0.2, 0) is 0 Å². The summed E-state index contributed by atoms with van der Waals surface area (Å²) in [6, 6.07) is 4.65. The van der Waals surface area contributed by atoms with E-state index in [-0.39, 0.29) is 18.5 Å². The molecule has 1 unspecified atom stereocenters. The summed E-state index contributed by atoms with van der Waals surface area (Å²) in [6.45, 7) is 1.24. The molecule has 0 aliphatic carbocycles. The Morgan fingerprint density at radius 2 is 2.18 bits per heavy atom. The second-order valence-corrected chi connectivity index (χ2v) is 4.75. The summed E-state index contributed by atoms with van der Waals surface area (Å²) in [7, 11) is 0. The molecule has 1 aromatic carbocycles. The molecule has 0 saturated carbocycles. The molecule has 3 nitrogen and oxygen atoms in total. The Hall–Kier alpha value is -0.490. The van der Waals surface area contributed by atoms with Crippen molar-refractivity contribution in [1.29, 1.82) is 0 Å². The molecule has 0 spiro atoms. The maximum Gasteiger partial charge on any atom is 0.128 e. The van der Waals surface area contributed by atoms with E-state index < -0.39 is 0 Å². The fraction of sp³-hybridized carbons (Fsp3) is 0.500. The minimum atomic E-state index is -0.252. The third-order valence-corrected chi connectivity index (χ3v) is 3.04. The van der Waals surface area contributed by atoms with Crippen molar-refractivity contribution in [1.82, 2.24) is 5.32 Å². The van der Waals surface area contributed by atoms with Gasteiger partial charge in [0.05, 0.1) is 0 Å². The van der Waals surface area contributed by atoms with E-state index in [4.69, 9.17) is 10.8 Å². The Kier molecular flexibility index (Phi) is 6.65. The van der Waals surface area contributed by atoms with Crippen molar-refractivity contribution >= 4 is 15.9 Å². The number of rotatable bonds is 7. The van der Waals surface area contributed by atoms with Gasteiger partial charge in [-0.25, -0.2) is 4.39 Å². The maximum atomic E-state index is 13.6.